The summed E-state index contributed by atoms with van der Waals surface area (Å²) >= 11 is 5.66. The largest absolute Gasteiger partial charge is 0.416 e. The van der Waals surface area contributed by atoms with Crippen LogP contribution in [0.2, 0.25) is 0 Å². The van der Waals surface area contributed by atoms with E-state index in [1.165, 1.54) is 12.1 Å². The SMILES string of the molecule is FC(F)(F)c1cccc(C2=CCN(CCCCl)CC2)c1. The molecular weight excluding hydrogens is 287 g/mol. The number of alkyl halides is 4. The molecule has 0 unspecified atom stereocenters. The van der Waals surface area contributed by atoms with E-state index in [1.54, 1.807) is 6.07 Å². The molecule has 0 saturated heterocycles. The number of benzene rings is 1. The van der Waals surface area contributed by atoms with Crippen molar-refractivity contribution in [2.45, 2.75) is 19.0 Å². The minimum absolute atomic E-state index is 0.583. The fraction of sp³-hybridized carbons (Fsp3) is 0.467. The zero-order chi connectivity index (χ0) is 14.6. The Hall–Kier alpha value is -1.00. The van der Waals surface area contributed by atoms with Crippen LogP contribution in [0.15, 0.2) is 30.3 Å². The van der Waals surface area contributed by atoms with Gasteiger partial charge in [-0.3, -0.25) is 4.90 Å². The first kappa shape index (κ1) is 15.4. The fourth-order valence-electron chi connectivity index (χ4n) is 2.36. The highest BCUT2D eigenvalue weighted by Gasteiger charge is 2.30. The Balaban J connectivity index is 2.08. The maximum atomic E-state index is 12.7. The molecule has 5 heteroatoms. The smallest absolute Gasteiger partial charge is 0.299 e. The van der Waals surface area contributed by atoms with Crippen molar-refractivity contribution in [2.75, 3.05) is 25.5 Å². The van der Waals surface area contributed by atoms with Crippen LogP contribution in [-0.2, 0) is 6.18 Å². The van der Waals surface area contributed by atoms with Crippen molar-refractivity contribution < 1.29 is 13.2 Å². The van der Waals surface area contributed by atoms with Crippen LogP contribution < -0.4 is 0 Å². The van der Waals surface area contributed by atoms with Crippen molar-refractivity contribution in [1.82, 2.24) is 4.90 Å². The van der Waals surface area contributed by atoms with Crippen LogP contribution >= 0.6 is 11.6 Å². The van der Waals surface area contributed by atoms with Gasteiger partial charge in [-0.25, -0.2) is 0 Å². The summed E-state index contributed by atoms with van der Waals surface area (Å²) in [6, 6.07) is 5.56. The molecular formula is C15H17ClF3N. The lowest BCUT2D eigenvalue weighted by Gasteiger charge is -2.26. The second-order valence-corrected chi connectivity index (χ2v) is 5.28. The van der Waals surface area contributed by atoms with Crippen LogP contribution in [0.4, 0.5) is 13.2 Å². The standard InChI is InChI=1S/C15H17ClF3N/c16-7-2-8-20-9-5-12(6-10-20)13-3-1-4-14(11-13)15(17,18)19/h1,3-5,11H,2,6-10H2. The molecule has 0 bridgehead atoms. The van der Waals surface area contributed by atoms with E-state index in [-0.39, 0.29) is 0 Å². The molecule has 0 spiro atoms. The molecule has 0 amide bonds. The first-order valence-electron chi connectivity index (χ1n) is 6.65. The van der Waals surface area contributed by atoms with Crippen LogP contribution in [0.1, 0.15) is 24.0 Å². The van der Waals surface area contributed by atoms with Crippen molar-refractivity contribution in [3.8, 4) is 0 Å². The van der Waals surface area contributed by atoms with E-state index in [0.717, 1.165) is 44.1 Å². The van der Waals surface area contributed by atoms with Crippen LogP contribution in [0.5, 0.6) is 0 Å². The van der Waals surface area contributed by atoms with E-state index in [2.05, 4.69) is 4.90 Å². The minimum Gasteiger partial charge on any atom is -0.299 e. The summed E-state index contributed by atoms with van der Waals surface area (Å²) < 4.78 is 38.1. The second-order valence-electron chi connectivity index (χ2n) is 4.90. The predicted molar refractivity (Wildman–Crippen MR) is 75.8 cm³/mol. The second kappa shape index (κ2) is 6.64. The molecule has 1 aromatic carbocycles. The molecule has 0 fully saturated rings. The quantitative estimate of drug-likeness (QED) is 0.744. The fourth-order valence-corrected chi connectivity index (χ4v) is 2.47. The molecule has 0 saturated carbocycles. The summed E-state index contributed by atoms with van der Waals surface area (Å²) in [6.45, 7) is 2.59. The van der Waals surface area contributed by atoms with Crippen molar-refractivity contribution in [1.29, 1.82) is 0 Å². The van der Waals surface area contributed by atoms with E-state index in [1.807, 2.05) is 6.08 Å². The first-order chi connectivity index (χ1) is 9.50. The van der Waals surface area contributed by atoms with E-state index >= 15 is 0 Å². The highest BCUT2D eigenvalue weighted by atomic mass is 35.5. The van der Waals surface area contributed by atoms with Crippen LogP contribution in [-0.4, -0.2) is 30.4 Å². The maximum absolute atomic E-state index is 12.7. The number of hydrogen-bond donors (Lipinski definition) is 0. The van der Waals surface area contributed by atoms with Crippen LogP contribution in [0.3, 0.4) is 0 Å². The summed E-state index contributed by atoms with van der Waals surface area (Å²) in [4.78, 5) is 2.26. The van der Waals surface area contributed by atoms with E-state index in [0.29, 0.717) is 11.4 Å². The van der Waals surface area contributed by atoms with E-state index < -0.39 is 11.7 Å². The van der Waals surface area contributed by atoms with E-state index in [9.17, 15) is 13.2 Å². The topological polar surface area (TPSA) is 3.24 Å². The third kappa shape index (κ3) is 4.00. The van der Waals surface area contributed by atoms with Gasteiger partial charge in [0.15, 0.2) is 0 Å². The Morgan fingerprint density at radius 3 is 2.65 bits per heavy atom. The molecule has 1 heterocycles. The molecule has 1 nitrogen and oxygen atoms in total. The first-order valence-corrected chi connectivity index (χ1v) is 7.19. The average Bonchev–Trinajstić information content (AvgIpc) is 2.45. The Labute approximate surface area is 122 Å². The van der Waals surface area contributed by atoms with Gasteiger partial charge in [0.1, 0.15) is 0 Å². The average molecular weight is 304 g/mol. The number of rotatable bonds is 4. The van der Waals surface area contributed by atoms with Crippen molar-refractivity contribution >= 4 is 17.2 Å². The molecule has 1 aromatic rings. The number of nitrogens with zero attached hydrogens (tertiary/aromatic N) is 1. The molecule has 1 aliphatic heterocycles. The summed E-state index contributed by atoms with van der Waals surface area (Å²) in [6.07, 6.45) is -0.539. The normalized spacial score (nSPS) is 17.1. The lowest BCUT2D eigenvalue weighted by atomic mass is 9.97. The summed E-state index contributed by atoms with van der Waals surface area (Å²) in [7, 11) is 0. The molecule has 2 rings (SSSR count). The third-order valence-electron chi connectivity index (χ3n) is 3.46. The Bertz CT molecular complexity index is 482. The van der Waals surface area contributed by atoms with Gasteiger partial charge in [-0.2, -0.15) is 13.2 Å². The lowest BCUT2D eigenvalue weighted by molar-refractivity contribution is -0.137. The molecule has 110 valence electrons. The van der Waals surface area contributed by atoms with Gasteiger partial charge < -0.3 is 0 Å². The highest BCUT2D eigenvalue weighted by molar-refractivity contribution is 6.17. The molecule has 0 radical (unpaired) electrons. The molecule has 0 atom stereocenters. The van der Waals surface area contributed by atoms with Gasteiger partial charge in [-0.1, -0.05) is 18.2 Å². The molecule has 0 aromatic heterocycles. The van der Waals surface area contributed by atoms with E-state index in [4.69, 9.17) is 11.6 Å². The Morgan fingerprint density at radius 2 is 2.05 bits per heavy atom. The summed E-state index contributed by atoms with van der Waals surface area (Å²) in [5.41, 5.74) is 1.09. The van der Waals surface area contributed by atoms with Gasteiger partial charge >= 0.3 is 6.18 Å². The third-order valence-corrected chi connectivity index (χ3v) is 3.73. The van der Waals surface area contributed by atoms with Gasteiger partial charge in [0.2, 0.25) is 0 Å². The zero-order valence-electron chi connectivity index (χ0n) is 11.1. The van der Waals surface area contributed by atoms with Gasteiger partial charge in [0.05, 0.1) is 5.56 Å². The lowest BCUT2D eigenvalue weighted by Crippen LogP contribution is -2.29. The molecule has 20 heavy (non-hydrogen) atoms. The summed E-state index contributed by atoms with van der Waals surface area (Å²) in [5, 5.41) is 0. The highest BCUT2D eigenvalue weighted by Crippen LogP contribution is 2.32. The molecule has 0 aliphatic carbocycles. The Morgan fingerprint density at radius 1 is 1.25 bits per heavy atom. The summed E-state index contributed by atoms with van der Waals surface area (Å²) in [5.74, 6) is 0.640. The Kier molecular flexibility index (Phi) is 5.11. The zero-order valence-corrected chi connectivity index (χ0v) is 11.8. The van der Waals surface area contributed by atoms with Crippen molar-refractivity contribution in [3.63, 3.8) is 0 Å². The van der Waals surface area contributed by atoms with Crippen LogP contribution in [0.25, 0.3) is 5.57 Å². The van der Waals surface area contributed by atoms with Crippen molar-refractivity contribution in [2.24, 2.45) is 0 Å². The van der Waals surface area contributed by atoms with Gasteiger partial charge in [0.25, 0.3) is 0 Å². The minimum atomic E-state index is -4.28. The molecule has 1 aliphatic rings. The number of halogens is 4. The van der Waals surface area contributed by atoms with Gasteiger partial charge in [0, 0.05) is 19.0 Å². The maximum Gasteiger partial charge on any atom is 0.416 e. The monoisotopic (exact) mass is 303 g/mol. The predicted octanol–water partition coefficient (Wildman–Crippen LogP) is 4.42. The van der Waals surface area contributed by atoms with Gasteiger partial charge in [-0.05, 0) is 42.7 Å². The van der Waals surface area contributed by atoms with Crippen molar-refractivity contribution in [3.05, 3.63) is 41.5 Å². The van der Waals surface area contributed by atoms with Crippen LogP contribution in [0, 0.1) is 0 Å². The van der Waals surface area contributed by atoms with Gasteiger partial charge in [-0.15, -0.1) is 11.6 Å². The number of hydrogen-bond acceptors (Lipinski definition) is 1. The molecule has 0 N–H and O–H groups in total.